The Morgan fingerprint density at radius 1 is 1.11 bits per heavy atom. The highest BCUT2D eigenvalue weighted by Crippen LogP contribution is 2.31. The standard InChI is InChI=1S/C14H29NO2S/c1-3-10-15-12-14-8-6-4-5-7-13(14)9-11-18(2,16)17/h13-15H,3-12H2,1-2H3. The lowest BCUT2D eigenvalue weighted by Crippen LogP contribution is -2.29. The van der Waals surface area contributed by atoms with Crippen LogP contribution < -0.4 is 5.32 Å². The molecule has 3 nitrogen and oxygen atoms in total. The second-order valence-corrected chi connectivity index (χ2v) is 8.04. The Morgan fingerprint density at radius 2 is 1.78 bits per heavy atom. The van der Waals surface area contributed by atoms with E-state index < -0.39 is 9.84 Å². The number of hydrogen-bond donors (Lipinski definition) is 1. The Hall–Kier alpha value is -0.0900. The zero-order valence-corrected chi connectivity index (χ0v) is 12.8. The third kappa shape index (κ3) is 6.74. The van der Waals surface area contributed by atoms with Gasteiger partial charge in [-0.1, -0.05) is 32.6 Å². The maximum Gasteiger partial charge on any atom is 0.147 e. The molecular formula is C14H29NO2S. The van der Waals surface area contributed by atoms with Crippen LogP contribution in [0.2, 0.25) is 0 Å². The Balaban J connectivity index is 2.46. The van der Waals surface area contributed by atoms with E-state index in [0.29, 0.717) is 17.6 Å². The predicted octanol–water partition coefficient (Wildman–Crippen LogP) is 2.62. The molecule has 0 bridgehead atoms. The Morgan fingerprint density at radius 3 is 2.39 bits per heavy atom. The Bertz CT molecular complexity index is 314. The zero-order chi connectivity index (χ0) is 13.4. The minimum atomic E-state index is -2.80. The van der Waals surface area contributed by atoms with Gasteiger partial charge in [-0.05, 0) is 44.2 Å². The lowest BCUT2D eigenvalue weighted by atomic mass is 9.86. The molecule has 108 valence electrons. The number of hydrogen-bond acceptors (Lipinski definition) is 3. The summed E-state index contributed by atoms with van der Waals surface area (Å²) in [5, 5.41) is 3.51. The molecule has 0 amide bonds. The lowest BCUT2D eigenvalue weighted by Gasteiger charge is -2.25. The first-order valence-electron chi connectivity index (χ1n) is 7.41. The van der Waals surface area contributed by atoms with Gasteiger partial charge in [0.25, 0.3) is 0 Å². The van der Waals surface area contributed by atoms with E-state index in [1.807, 2.05) is 0 Å². The summed E-state index contributed by atoms with van der Waals surface area (Å²) in [5.74, 6) is 1.65. The molecule has 0 aromatic carbocycles. The largest absolute Gasteiger partial charge is 0.316 e. The molecule has 0 aromatic heterocycles. The highest BCUT2D eigenvalue weighted by Gasteiger charge is 2.24. The molecule has 4 heteroatoms. The molecule has 0 radical (unpaired) electrons. The van der Waals surface area contributed by atoms with Gasteiger partial charge in [-0.15, -0.1) is 0 Å². The van der Waals surface area contributed by atoms with E-state index >= 15 is 0 Å². The molecule has 0 spiro atoms. The van der Waals surface area contributed by atoms with Crippen molar-refractivity contribution in [3.63, 3.8) is 0 Å². The quantitative estimate of drug-likeness (QED) is 0.574. The summed E-state index contributed by atoms with van der Waals surface area (Å²) in [5.41, 5.74) is 0. The molecule has 0 saturated heterocycles. The molecule has 0 aromatic rings. The average molecular weight is 275 g/mol. The van der Waals surface area contributed by atoms with E-state index in [4.69, 9.17) is 0 Å². The SMILES string of the molecule is CCCNCC1CCCCCC1CCS(C)(=O)=O. The summed E-state index contributed by atoms with van der Waals surface area (Å²) < 4.78 is 22.6. The first-order valence-corrected chi connectivity index (χ1v) is 9.47. The third-order valence-corrected chi connectivity index (χ3v) is 4.99. The minimum absolute atomic E-state index is 0.363. The molecule has 2 unspecified atom stereocenters. The Kier molecular flexibility index (Phi) is 7.23. The molecule has 18 heavy (non-hydrogen) atoms. The number of nitrogens with one attached hydrogen (secondary N) is 1. The van der Waals surface area contributed by atoms with E-state index in [1.165, 1.54) is 44.8 Å². The van der Waals surface area contributed by atoms with Gasteiger partial charge in [0.1, 0.15) is 9.84 Å². The van der Waals surface area contributed by atoms with Crippen LogP contribution in [0.1, 0.15) is 51.9 Å². The molecule has 2 atom stereocenters. The summed E-state index contributed by atoms with van der Waals surface area (Å²) in [4.78, 5) is 0. The van der Waals surface area contributed by atoms with E-state index in [2.05, 4.69) is 12.2 Å². The molecule has 0 aliphatic heterocycles. The average Bonchev–Trinajstić information content (AvgIpc) is 2.51. The van der Waals surface area contributed by atoms with Crippen LogP contribution in [0.5, 0.6) is 0 Å². The van der Waals surface area contributed by atoms with Crippen molar-refractivity contribution in [2.75, 3.05) is 25.1 Å². The molecule has 1 aliphatic rings. The third-order valence-electron chi connectivity index (χ3n) is 4.01. The molecular weight excluding hydrogens is 246 g/mol. The van der Waals surface area contributed by atoms with Gasteiger partial charge in [0.15, 0.2) is 0 Å². The monoisotopic (exact) mass is 275 g/mol. The second kappa shape index (κ2) is 8.16. The van der Waals surface area contributed by atoms with Gasteiger partial charge in [0.05, 0.1) is 5.75 Å². The van der Waals surface area contributed by atoms with Crippen LogP contribution in [-0.2, 0) is 9.84 Å². The first-order chi connectivity index (χ1) is 8.53. The van der Waals surface area contributed by atoms with Crippen molar-refractivity contribution in [1.29, 1.82) is 0 Å². The van der Waals surface area contributed by atoms with Gasteiger partial charge in [0.2, 0.25) is 0 Å². The van der Waals surface area contributed by atoms with Crippen LogP contribution in [-0.4, -0.2) is 33.5 Å². The Labute approximate surface area is 113 Å². The maximum absolute atomic E-state index is 11.3. The van der Waals surface area contributed by atoms with Gasteiger partial charge in [0, 0.05) is 6.26 Å². The molecule has 1 aliphatic carbocycles. The van der Waals surface area contributed by atoms with E-state index in [-0.39, 0.29) is 0 Å². The molecule has 1 fully saturated rings. The van der Waals surface area contributed by atoms with Crippen molar-refractivity contribution in [1.82, 2.24) is 5.32 Å². The fourth-order valence-corrected chi connectivity index (χ4v) is 3.67. The summed E-state index contributed by atoms with van der Waals surface area (Å²) in [6.07, 6.45) is 9.78. The first kappa shape index (κ1) is 16.0. The molecule has 1 N–H and O–H groups in total. The lowest BCUT2D eigenvalue weighted by molar-refractivity contribution is 0.293. The van der Waals surface area contributed by atoms with Crippen LogP contribution in [0.4, 0.5) is 0 Å². The van der Waals surface area contributed by atoms with Gasteiger partial charge in [-0.25, -0.2) is 8.42 Å². The molecule has 1 rings (SSSR count). The summed E-state index contributed by atoms with van der Waals surface area (Å²) in [6.45, 7) is 4.33. The van der Waals surface area contributed by atoms with Crippen LogP contribution in [0.25, 0.3) is 0 Å². The smallest absolute Gasteiger partial charge is 0.147 e. The van der Waals surface area contributed by atoms with Crippen molar-refractivity contribution >= 4 is 9.84 Å². The van der Waals surface area contributed by atoms with Gasteiger partial charge in [-0.2, -0.15) is 0 Å². The normalized spacial score (nSPS) is 25.9. The van der Waals surface area contributed by atoms with E-state index in [1.54, 1.807) is 0 Å². The second-order valence-electron chi connectivity index (χ2n) is 5.78. The van der Waals surface area contributed by atoms with Crippen LogP contribution in [0.15, 0.2) is 0 Å². The number of sulfone groups is 1. The van der Waals surface area contributed by atoms with Crippen molar-refractivity contribution in [3.05, 3.63) is 0 Å². The van der Waals surface area contributed by atoms with Gasteiger partial charge >= 0.3 is 0 Å². The minimum Gasteiger partial charge on any atom is -0.316 e. The molecule has 1 saturated carbocycles. The summed E-state index contributed by atoms with van der Waals surface area (Å²) in [7, 11) is -2.80. The van der Waals surface area contributed by atoms with Crippen LogP contribution >= 0.6 is 0 Å². The van der Waals surface area contributed by atoms with E-state index in [9.17, 15) is 8.42 Å². The van der Waals surface area contributed by atoms with Crippen molar-refractivity contribution in [2.24, 2.45) is 11.8 Å². The topological polar surface area (TPSA) is 46.2 Å². The zero-order valence-electron chi connectivity index (χ0n) is 12.0. The van der Waals surface area contributed by atoms with Crippen molar-refractivity contribution in [2.45, 2.75) is 51.9 Å². The van der Waals surface area contributed by atoms with E-state index in [0.717, 1.165) is 19.5 Å². The summed E-state index contributed by atoms with van der Waals surface area (Å²) in [6, 6.07) is 0. The predicted molar refractivity (Wildman–Crippen MR) is 77.6 cm³/mol. The highest BCUT2D eigenvalue weighted by atomic mass is 32.2. The fourth-order valence-electron chi connectivity index (χ4n) is 2.94. The van der Waals surface area contributed by atoms with Crippen LogP contribution in [0.3, 0.4) is 0 Å². The maximum atomic E-state index is 11.3. The summed E-state index contributed by atoms with van der Waals surface area (Å²) >= 11 is 0. The van der Waals surface area contributed by atoms with Gasteiger partial charge in [-0.3, -0.25) is 0 Å². The van der Waals surface area contributed by atoms with Gasteiger partial charge < -0.3 is 5.32 Å². The van der Waals surface area contributed by atoms with Crippen LogP contribution in [0, 0.1) is 11.8 Å². The molecule has 0 heterocycles. The fraction of sp³-hybridized carbons (Fsp3) is 1.00. The van der Waals surface area contributed by atoms with Crippen molar-refractivity contribution < 1.29 is 8.42 Å². The van der Waals surface area contributed by atoms with Crippen molar-refractivity contribution in [3.8, 4) is 0 Å². The number of rotatable bonds is 7. The highest BCUT2D eigenvalue weighted by molar-refractivity contribution is 7.90.